The van der Waals surface area contributed by atoms with Gasteiger partial charge in [0.15, 0.2) is 6.61 Å². The minimum absolute atomic E-state index is 0.134. The summed E-state index contributed by atoms with van der Waals surface area (Å²) >= 11 is 0. The Morgan fingerprint density at radius 2 is 1.87 bits per heavy atom. The molecule has 2 fully saturated rings. The second-order valence-corrected chi connectivity index (χ2v) is 9.68. The van der Waals surface area contributed by atoms with E-state index in [0.717, 1.165) is 19.1 Å². The first-order chi connectivity index (χ1) is 14.3. The molecule has 0 aromatic heterocycles. The maximum atomic E-state index is 13.0. The van der Waals surface area contributed by atoms with Gasteiger partial charge in [-0.3, -0.25) is 9.59 Å². The van der Waals surface area contributed by atoms with E-state index >= 15 is 0 Å². The average Bonchev–Trinajstić information content (AvgIpc) is 2.71. The Bertz CT molecular complexity index is 862. The van der Waals surface area contributed by atoms with Crippen LogP contribution in [0.1, 0.15) is 25.7 Å². The number of sulfonamides is 1. The topological polar surface area (TPSA) is 96.0 Å². The standard InChI is InChI=1S/C20H28FN3O5S/c1-30(27,28)24-13-12-23(19(25)14-29-16-8-6-15(21)7-9-16)11-10-22-20(26)17-4-2-3-5-18(17)24/h6-9,17-18H,2-5,10-14H2,1H3,(H,22,26). The SMILES string of the molecule is CS(=O)(=O)N1CCN(C(=O)COc2ccc(F)cc2)CCNC(=O)C2CCCCC21. The second-order valence-electron chi connectivity index (χ2n) is 7.75. The van der Waals surface area contributed by atoms with Crippen molar-refractivity contribution in [2.24, 2.45) is 5.92 Å². The van der Waals surface area contributed by atoms with Crippen LogP contribution in [-0.2, 0) is 19.6 Å². The zero-order valence-electron chi connectivity index (χ0n) is 17.0. The molecule has 2 aliphatic rings. The maximum Gasteiger partial charge on any atom is 0.260 e. The van der Waals surface area contributed by atoms with Crippen LogP contribution in [0.25, 0.3) is 0 Å². The van der Waals surface area contributed by atoms with Gasteiger partial charge in [0.1, 0.15) is 11.6 Å². The molecule has 30 heavy (non-hydrogen) atoms. The molecular formula is C20H28FN3O5S. The number of ether oxygens (including phenoxy) is 1. The summed E-state index contributed by atoms with van der Waals surface area (Å²) in [7, 11) is -3.55. The maximum absolute atomic E-state index is 13.0. The van der Waals surface area contributed by atoms with Crippen molar-refractivity contribution in [2.45, 2.75) is 31.7 Å². The second kappa shape index (κ2) is 9.74. The molecule has 1 aromatic carbocycles. The van der Waals surface area contributed by atoms with E-state index in [2.05, 4.69) is 5.32 Å². The third-order valence-corrected chi connectivity index (χ3v) is 6.97. The molecular weight excluding hydrogens is 413 g/mol. The first kappa shape index (κ1) is 22.5. The normalized spacial score (nSPS) is 23.9. The highest BCUT2D eigenvalue weighted by Gasteiger charge is 2.39. The molecule has 1 aliphatic carbocycles. The van der Waals surface area contributed by atoms with E-state index in [0.29, 0.717) is 25.1 Å². The molecule has 0 bridgehead atoms. The van der Waals surface area contributed by atoms with Gasteiger partial charge in [-0.2, -0.15) is 4.31 Å². The van der Waals surface area contributed by atoms with Crippen LogP contribution >= 0.6 is 0 Å². The van der Waals surface area contributed by atoms with Crippen LogP contribution < -0.4 is 10.1 Å². The van der Waals surface area contributed by atoms with Crippen LogP contribution in [0.3, 0.4) is 0 Å². The molecule has 1 aromatic rings. The number of amides is 2. The van der Waals surface area contributed by atoms with Crippen LogP contribution in [-0.4, -0.2) is 74.5 Å². The van der Waals surface area contributed by atoms with Crippen molar-refractivity contribution >= 4 is 21.8 Å². The Hall–Kier alpha value is -2.20. The molecule has 166 valence electrons. The van der Waals surface area contributed by atoms with Gasteiger partial charge in [0.05, 0.1) is 12.2 Å². The molecule has 0 radical (unpaired) electrons. The van der Waals surface area contributed by atoms with Gasteiger partial charge in [-0.25, -0.2) is 12.8 Å². The first-order valence-electron chi connectivity index (χ1n) is 10.2. The summed E-state index contributed by atoms with van der Waals surface area (Å²) < 4.78 is 44.7. The molecule has 1 heterocycles. The largest absolute Gasteiger partial charge is 0.484 e. The Kier molecular flexibility index (Phi) is 7.30. The minimum Gasteiger partial charge on any atom is -0.484 e. The fourth-order valence-corrected chi connectivity index (χ4v) is 5.29. The van der Waals surface area contributed by atoms with Gasteiger partial charge in [0, 0.05) is 32.2 Å². The molecule has 2 amide bonds. The number of carbonyl (C=O) groups excluding carboxylic acids is 2. The molecule has 1 saturated carbocycles. The van der Waals surface area contributed by atoms with Crippen molar-refractivity contribution in [1.82, 2.24) is 14.5 Å². The van der Waals surface area contributed by atoms with E-state index in [9.17, 15) is 22.4 Å². The fourth-order valence-electron chi connectivity index (χ4n) is 4.13. The van der Waals surface area contributed by atoms with Gasteiger partial charge in [-0.15, -0.1) is 0 Å². The number of fused-ring (bicyclic) bond motifs is 1. The molecule has 2 atom stereocenters. The lowest BCUT2D eigenvalue weighted by atomic mass is 9.83. The highest BCUT2D eigenvalue weighted by Crippen LogP contribution is 2.30. The lowest BCUT2D eigenvalue weighted by Gasteiger charge is -2.39. The molecule has 3 rings (SSSR count). The van der Waals surface area contributed by atoms with E-state index in [4.69, 9.17) is 4.74 Å². The van der Waals surface area contributed by atoms with Crippen molar-refractivity contribution < 1.29 is 27.1 Å². The lowest BCUT2D eigenvalue weighted by molar-refractivity contribution is -0.135. The molecule has 2 unspecified atom stereocenters. The summed E-state index contributed by atoms with van der Waals surface area (Å²) in [5.74, 6) is -0.894. The minimum atomic E-state index is -3.55. The fraction of sp³-hybridized carbons (Fsp3) is 0.600. The van der Waals surface area contributed by atoms with Crippen LogP contribution in [0.4, 0.5) is 4.39 Å². The predicted molar refractivity (Wildman–Crippen MR) is 109 cm³/mol. The highest BCUT2D eigenvalue weighted by molar-refractivity contribution is 7.88. The number of benzene rings is 1. The van der Waals surface area contributed by atoms with Crippen LogP contribution in [0.15, 0.2) is 24.3 Å². The van der Waals surface area contributed by atoms with E-state index in [1.807, 2.05) is 0 Å². The van der Waals surface area contributed by atoms with Crippen molar-refractivity contribution in [3.05, 3.63) is 30.1 Å². The van der Waals surface area contributed by atoms with Crippen LogP contribution in [0.5, 0.6) is 5.75 Å². The summed E-state index contributed by atoms with van der Waals surface area (Å²) in [6.45, 7) is 0.632. The smallest absolute Gasteiger partial charge is 0.260 e. The monoisotopic (exact) mass is 441 g/mol. The summed E-state index contributed by atoms with van der Waals surface area (Å²) in [6, 6.07) is 4.95. The van der Waals surface area contributed by atoms with Crippen LogP contribution in [0.2, 0.25) is 0 Å². The number of halogens is 1. The van der Waals surface area contributed by atoms with Crippen LogP contribution in [0, 0.1) is 11.7 Å². The Balaban J connectivity index is 1.70. The Morgan fingerprint density at radius 3 is 2.57 bits per heavy atom. The summed E-state index contributed by atoms with van der Waals surface area (Å²) in [5.41, 5.74) is 0. The molecule has 1 N–H and O–H groups in total. The lowest BCUT2D eigenvalue weighted by Crippen LogP contribution is -2.55. The number of nitrogens with zero attached hydrogens (tertiary/aromatic N) is 2. The first-order valence-corrected chi connectivity index (χ1v) is 12.0. The molecule has 0 spiro atoms. The molecule has 10 heteroatoms. The number of hydrogen-bond acceptors (Lipinski definition) is 5. The predicted octanol–water partition coefficient (Wildman–Crippen LogP) is 0.983. The van der Waals surface area contributed by atoms with Crippen molar-refractivity contribution in [1.29, 1.82) is 0 Å². The highest BCUT2D eigenvalue weighted by atomic mass is 32.2. The zero-order valence-corrected chi connectivity index (χ0v) is 17.9. The van der Waals surface area contributed by atoms with Gasteiger partial charge >= 0.3 is 0 Å². The molecule has 1 aliphatic heterocycles. The molecule has 8 nitrogen and oxygen atoms in total. The van der Waals surface area contributed by atoms with Gasteiger partial charge in [0.25, 0.3) is 5.91 Å². The zero-order chi connectivity index (χ0) is 21.7. The number of hydrogen-bond donors (Lipinski definition) is 1. The van der Waals surface area contributed by atoms with E-state index < -0.39 is 15.8 Å². The Morgan fingerprint density at radius 1 is 1.17 bits per heavy atom. The Labute approximate surface area is 176 Å². The van der Waals surface area contributed by atoms with Crippen molar-refractivity contribution in [3.8, 4) is 5.75 Å². The van der Waals surface area contributed by atoms with Crippen molar-refractivity contribution in [2.75, 3.05) is 39.0 Å². The number of nitrogens with one attached hydrogen (secondary N) is 1. The third-order valence-electron chi connectivity index (χ3n) is 5.66. The van der Waals surface area contributed by atoms with Crippen molar-refractivity contribution in [3.63, 3.8) is 0 Å². The number of rotatable bonds is 4. The van der Waals surface area contributed by atoms with E-state index in [-0.39, 0.29) is 50.0 Å². The molecule has 1 saturated heterocycles. The summed E-state index contributed by atoms with van der Waals surface area (Å²) in [6.07, 6.45) is 4.21. The third kappa shape index (κ3) is 5.69. The van der Waals surface area contributed by atoms with Gasteiger partial charge in [0.2, 0.25) is 15.9 Å². The summed E-state index contributed by atoms with van der Waals surface area (Å²) in [5, 5.41) is 2.85. The van der Waals surface area contributed by atoms with Gasteiger partial charge < -0.3 is 15.0 Å². The van der Waals surface area contributed by atoms with Gasteiger partial charge in [-0.05, 0) is 37.1 Å². The average molecular weight is 442 g/mol. The van der Waals surface area contributed by atoms with E-state index in [1.54, 1.807) is 0 Å². The number of carbonyl (C=O) groups is 2. The van der Waals surface area contributed by atoms with Gasteiger partial charge in [-0.1, -0.05) is 12.8 Å². The van der Waals surface area contributed by atoms with E-state index in [1.165, 1.54) is 33.5 Å². The summed E-state index contributed by atoms with van der Waals surface area (Å²) in [4.78, 5) is 26.8. The quantitative estimate of drug-likeness (QED) is 0.752.